The molecule has 4 heteroatoms. The minimum Gasteiger partial charge on any atom is -0.339 e. The van der Waals surface area contributed by atoms with Crippen molar-refractivity contribution in [2.45, 2.75) is 13.8 Å². The van der Waals surface area contributed by atoms with Gasteiger partial charge in [-0.3, -0.25) is 0 Å². The maximum atomic E-state index is 13.0. The molecule has 2 rings (SSSR count). The summed E-state index contributed by atoms with van der Waals surface area (Å²) < 4.78 is 17.8. The summed E-state index contributed by atoms with van der Waals surface area (Å²) >= 11 is 0. The Bertz CT molecular complexity index is 445. The van der Waals surface area contributed by atoms with Gasteiger partial charge in [-0.25, -0.2) is 4.39 Å². The van der Waals surface area contributed by atoms with Crippen LogP contribution in [0.5, 0.6) is 0 Å². The number of benzene rings is 1. The van der Waals surface area contributed by atoms with Gasteiger partial charge in [0, 0.05) is 12.5 Å². The van der Waals surface area contributed by atoms with Crippen LogP contribution < -0.4 is 0 Å². The van der Waals surface area contributed by atoms with Crippen LogP contribution in [0.2, 0.25) is 0 Å². The molecule has 3 nitrogen and oxygen atoms in total. The van der Waals surface area contributed by atoms with Crippen molar-refractivity contribution in [3.8, 4) is 11.4 Å². The summed E-state index contributed by atoms with van der Waals surface area (Å²) in [7, 11) is 0. The first-order chi connectivity index (χ1) is 6.65. The van der Waals surface area contributed by atoms with E-state index < -0.39 is 0 Å². The van der Waals surface area contributed by atoms with Gasteiger partial charge < -0.3 is 4.52 Å². The molecule has 0 saturated heterocycles. The molecule has 0 saturated carbocycles. The lowest BCUT2D eigenvalue weighted by atomic mass is 10.1. The number of aryl methyl sites for hydroxylation is 2. The predicted molar refractivity (Wildman–Crippen MR) is 49.2 cm³/mol. The maximum Gasteiger partial charge on any atom is 0.223 e. The minimum absolute atomic E-state index is 0.289. The van der Waals surface area contributed by atoms with E-state index in [-0.39, 0.29) is 5.82 Å². The highest BCUT2D eigenvalue weighted by Crippen LogP contribution is 2.18. The second kappa shape index (κ2) is 3.21. The normalized spacial score (nSPS) is 10.5. The molecule has 0 amide bonds. The molecular formula is C10H9FN2O. The van der Waals surface area contributed by atoms with Gasteiger partial charge in [-0.05, 0) is 30.7 Å². The third-order valence-corrected chi connectivity index (χ3v) is 1.83. The van der Waals surface area contributed by atoms with Gasteiger partial charge in [0.2, 0.25) is 11.7 Å². The summed E-state index contributed by atoms with van der Waals surface area (Å²) in [4.78, 5) is 4.02. The average Bonchev–Trinajstić information content (AvgIpc) is 2.50. The Labute approximate surface area is 80.6 Å². The van der Waals surface area contributed by atoms with Gasteiger partial charge in [0.25, 0.3) is 0 Å². The molecule has 72 valence electrons. The molecule has 0 aliphatic rings. The van der Waals surface area contributed by atoms with Crippen molar-refractivity contribution in [2.24, 2.45) is 0 Å². The quantitative estimate of drug-likeness (QED) is 0.696. The summed E-state index contributed by atoms with van der Waals surface area (Å²) in [5.74, 6) is 0.606. The third-order valence-electron chi connectivity index (χ3n) is 1.83. The Hall–Kier alpha value is -1.71. The van der Waals surface area contributed by atoms with Crippen LogP contribution in [0.15, 0.2) is 22.7 Å². The van der Waals surface area contributed by atoms with Crippen LogP contribution in [0.1, 0.15) is 11.5 Å². The average molecular weight is 192 g/mol. The fraction of sp³-hybridized carbons (Fsp3) is 0.200. The van der Waals surface area contributed by atoms with Crippen molar-refractivity contribution in [1.29, 1.82) is 0 Å². The van der Waals surface area contributed by atoms with Crippen molar-refractivity contribution in [1.82, 2.24) is 10.1 Å². The highest BCUT2D eigenvalue weighted by molar-refractivity contribution is 5.55. The van der Waals surface area contributed by atoms with Gasteiger partial charge in [-0.1, -0.05) is 5.16 Å². The lowest BCUT2D eigenvalue weighted by Crippen LogP contribution is -1.85. The number of nitrogens with zero attached hydrogens (tertiary/aromatic N) is 2. The highest BCUT2D eigenvalue weighted by atomic mass is 19.1. The van der Waals surface area contributed by atoms with E-state index in [2.05, 4.69) is 10.1 Å². The van der Waals surface area contributed by atoms with Gasteiger partial charge in [-0.2, -0.15) is 4.98 Å². The van der Waals surface area contributed by atoms with E-state index in [0.717, 1.165) is 5.56 Å². The molecular weight excluding hydrogens is 183 g/mol. The molecule has 2 aromatic rings. The zero-order valence-corrected chi connectivity index (χ0v) is 7.91. The molecule has 0 unspecified atom stereocenters. The molecule has 0 spiro atoms. The van der Waals surface area contributed by atoms with Gasteiger partial charge in [0.05, 0.1) is 0 Å². The SMILES string of the molecule is Cc1cc(F)cc(-c2noc(C)n2)c1. The summed E-state index contributed by atoms with van der Waals surface area (Å²) in [6, 6.07) is 4.65. The lowest BCUT2D eigenvalue weighted by molar-refractivity contribution is 0.394. The molecule has 0 fully saturated rings. The second-order valence-corrected chi connectivity index (χ2v) is 3.15. The van der Waals surface area contributed by atoms with Crippen LogP contribution in [0.25, 0.3) is 11.4 Å². The Kier molecular flexibility index (Phi) is 2.04. The molecule has 1 heterocycles. The van der Waals surface area contributed by atoms with Crippen LogP contribution in [0.4, 0.5) is 4.39 Å². The van der Waals surface area contributed by atoms with Crippen molar-refractivity contribution in [2.75, 3.05) is 0 Å². The topological polar surface area (TPSA) is 38.9 Å². The van der Waals surface area contributed by atoms with Crippen LogP contribution in [-0.4, -0.2) is 10.1 Å². The Morgan fingerprint density at radius 3 is 2.57 bits per heavy atom. The van der Waals surface area contributed by atoms with Crippen molar-refractivity contribution in [3.63, 3.8) is 0 Å². The smallest absolute Gasteiger partial charge is 0.223 e. The van der Waals surface area contributed by atoms with Crippen LogP contribution in [0.3, 0.4) is 0 Å². The van der Waals surface area contributed by atoms with Crippen LogP contribution in [0, 0.1) is 19.7 Å². The van der Waals surface area contributed by atoms with Gasteiger partial charge in [0.15, 0.2) is 0 Å². The molecule has 1 aromatic carbocycles. The Morgan fingerprint density at radius 1 is 1.21 bits per heavy atom. The lowest BCUT2D eigenvalue weighted by Gasteiger charge is -1.97. The van der Waals surface area contributed by atoms with Gasteiger partial charge in [-0.15, -0.1) is 0 Å². The number of rotatable bonds is 1. The maximum absolute atomic E-state index is 13.0. The molecule has 0 aliphatic carbocycles. The molecule has 0 radical (unpaired) electrons. The monoisotopic (exact) mass is 192 g/mol. The van der Waals surface area contributed by atoms with E-state index in [1.807, 2.05) is 13.0 Å². The first kappa shape index (κ1) is 8.87. The van der Waals surface area contributed by atoms with E-state index >= 15 is 0 Å². The largest absolute Gasteiger partial charge is 0.339 e. The molecule has 0 aliphatic heterocycles. The third kappa shape index (κ3) is 1.64. The molecule has 14 heavy (non-hydrogen) atoms. The number of halogens is 1. The van der Waals surface area contributed by atoms with Crippen LogP contribution >= 0.6 is 0 Å². The molecule has 0 bridgehead atoms. The van der Waals surface area contributed by atoms with Crippen molar-refractivity contribution < 1.29 is 8.91 Å². The summed E-state index contributed by atoms with van der Waals surface area (Å²) in [6.07, 6.45) is 0. The zero-order valence-electron chi connectivity index (χ0n) is 7.91. The van der Waals surface area contributed by atoms with E-state index in [1.165, 1.54) is 12.1 Å². The molecule has 0 N–H and O–H groups in total. The van der Waals surface area contributed by atoms with E-state index in [1.54, 1.807) is 6.92 Å². The van der Waals surface area contributed by atoms with Gasteiger partial charge >= 0.3 is 0 Å². The first-order valence-corrected chi connectivity index (χ1v) is 4.23. The van der Waals surface area contributed by atoms with E-state index in [0.29, 0.717) is 17.3 Å². The fourth-order valence-corrected chi connectivity index (χ4v) is 1.28. The minimum atomic E-state index is -0.289. The number of hydrogen-bond donors (Lipinski definition) is 0. The molecule has 1 aromatic heterocycles. The summed E-state index contributed by atoms with van der Waals surface area (Å²) in [5.41, 5.74) is 1.47. The number of aromatic nitrogens is 2. The van der Waals surface area contributed by atoms with E-state index in [4.69, 9.17) is 4.52 Å². The highest BCUT2D eigenvalue weighted by Gasteiger charge is 2.07. The van der Waals surface area contributed by atoms with E-state index in [9.17, 15) is 4.39 Å². The summed E-state index contributed by atoms with van der Waals surface area (Å²) in [6.45, 7) is 3.52. The predicted octanol–water partition coefficient (Wildman–Crippen LogP) is 2.49. The van der Waals surface area contributed by atoms with Crippen molar-refractivity contribution >= 4 is 0 Å². The first-order valence-electron chi connectivity index (χ1n) is 4.23. The Balaban J connectivity index is 2.51. The summed E-state index contributed by atoms with van der Waals surface area (Å²) in [5, 5.41) is 3.72. The standard InChI is InChI=1S/C10H9FN2O/c1-6-3-8(5-9(11)4-6)10-12-7(2)14-13-10/h3-5H,1-2H3. The number of hydrogen-bond acceptors (Lipinski definition) is 3. The second-order valence-electron chi connectivity index (χ2n) is 3.15. The van der Waals surface area contributed by atoms with Crippen molar-refractivity contribution in [3.05, 3.63) is 35.5 Å². The zero-order chi connectivity index (χ0) is 10.1. The Morgan fingerprint density at radius 2 is 2.00 bits per heavy atom. The molecule has 0 atom stereocenters. The van der Waals surface area contributed by atoms with Gasteiger partial charge in [0.1, 0.15) is 5.82 Å². The van der Waals surface area contributed by atoms with Crippen LogP contribution in [-0.2, 0) is 0 Å². The fourth-order valence-electron chi connectivity index (χ4n) is 1.28.